The van der Waals surface area contributed by atoms with Crippen LogP contribution in [0.2, 0.25) is 0 Å². The van der Waals surface area contributed by atoms with Gasteiger partial charge in [0.25, 0.3) is 0 Å². The van der Waals surface area contributed by atoms with E-state index in [0.717, 1.165) is 30.8 Å². The lowest BCUT2D eigenvalue weighted by Gasteiger charge is -2.20. The van der Waals surface area contributed by atoms with Crippen molar-refractivity contribution in [3.8, 4) is 11.1 Å². The summed E-state index contributed by atoms with van der Waals surface area (Å²) in [5.41, 5.74) is -0.112. The van der Waals surface area contributed by atoms with E-state index in [1.807, 2.05) is 4.72 Å². The summed E-state index contributed by atoms with van der Waals surface area (Å²) >= 11 is 0. The molecule has 2 N–H and O–H groups in total. The molecule has 1 atom stereocenters. The Morgan fingerprint density at radius 3 is 2.47 bits per heavy atom. The lowest BCUT2D eigenvalue weighted by atomic mass is 10.0. The lowest BCUT2D eigenvalue weighted by Crippen LogP contribution is -2.37. The summed E-state index contributed by atoms with van der Waals surface area (Å²) in [5, 5.41) is 0.306. The van der Waals surface area contributed by atoms with Gasteiger partial charge in [-0.25, -0.2) is 28.1 Å². The molecule has 0 spiro atoms. The fourth-order valence-electron chi connectivity index (χ4n) is 4.53. The molecule has 4 aromatic rings. The van der Waals surface area contributed by atoms with Gasteiger partial charge in [-0.3, -0.25) is 9.52 Å². The largest absolute Gasteiger partial charge is 0.345 e. The van der Waals surface area contributed by atoms with E-state index in [1.165, 1.54) is 6.20 Å². The Labute approximate surface area is 215 Å². The Morgan fingerprint density at radius 2 is 1.79 bits per heavy atom. The number of fused-ring (bicyclic) bond motifs is 1. The molecule has 1 saturated heterocycles. The van der Waals surface area contributed by atoms with Crippen LogP contribution >= 0.6 is 0 Å². The van der Waals surface area contributed by atoms with E-state index in [9.17, 15) is 22.0 Å². The van der Waals surface area contributed by atoms with Gasteiger partial charge in [0, 0.05) is 59.3 Å². The molecule has 38 heavy (non-hydrogen) atoms. The minimum absolute atomic E-state index is 0.0178. The average Bonchev–Trinajstić information content (AvgIpc) is 3.51. The number of rotatable bonds is 7. The molecule has 2 aliphatic rings. The van der Waals surface area contributed by atoms with Crippen molar-refractivity contribution in [3.63, 3.8) is 0 Å². The van der Waals surface area contributed by atoms with Crippen molar-refractivity contribution < 1.29 is 26.4 Å². The molecule has 196 valence electrons. The number of aromatic amines is 1. The number of nitrogens with zero attached hydrogens (tertiary/aromatic N) is 4. The van der Waals surface area contributed by atoms with Crippen LogP contribution in [0, 0.1) is 11.6 Å². The predicted molar refractivity (Wildman–Crippen MR) is 132 cm³/mol. The SMILES string of the molecule is O=C(c1c(F)ccc(NS(=O)(=O)N2CCCC2F)c1F)c1c[nH]c2ncc(-c3cnc(C4CC4)nc3)cc12. The number of benzene rings is 1. The molecule has 2 fully saturated rings. The molecular weight excluding hydrogens is 521 g/mol. The number of aromatic nitrogens is 4. The Hall–Kier alpha value is -3.84. The molecule has 6 rings (SSSR count). The maximum atomic E-state index is 15.4. The fourth-order valence-corrected chi connectivity index (χ4v) is 5.86. The molecular formula is C25H21F3N6O3S. The van der Waals surface area contributed by atoms with Crippen molar-refractivity contribution >= 4 is 32.7 Å². The van der Waals surface area contributed by atoms with E-state index in [-0.39, 0.29) is 18.5 Å². The van der Waals surface area contributed by atoms with Gasteiger partial charge >= 0.3 is 10.2 Å². The number of halogens is 3. The summed E-state index contributed by atoms with van der Waals surface area (Å²) in [6.45, 7) is -0.0792. The van der Waals surface area contributed by atoms with Crippen molar-refractivity contribution in [2.24, 2.45) is 0 Å². The third-order valence-corrected chi connectivity index (χ3v) is 8.23. The van der Waals surface area contributed by atoms with Crippen LogP contribution in [-0.2, 0) is 10.2 Å². The number of hydrogen-bond donors (Lipinski definition) is 2. The van der Waals surface area contributed by atoms with Crippen LogP contribution in [0.3, 0.4) is 0 Å². The highest BCUT2D eigenvalue weighted by Crippen LogP contribution is 2.38. The van der Waals surface area contributed by atoms with Gasteiger partial charge in [0.15, 0.2) is 12.1 Å². The number of carbonyl (C=O) groups excluding carboxylic acids is 1. The highest BCUT2D eigenvalue weighted by atomic mass is 32.2. The summed E-state index contributed by atoms with van der Waals surface area (Å²) < 4.78 is 71.8. The van der Waals surface area contributed by atoms with Crippen LogP contribution in [0.1, 0.15) is 53.3 Å². The minimum atomic E-state index is -4.46. The lowest BCUT2D eigenvalue weighted by molar-refractivity contribution is 0.103. The summed E-state index contributed by atoms with van der Waals surface area (Å²) in [4.78, 5) is 29.3. The second-order valence-corrected chi connectivity index (χ2v) is 11.0. The smallest absolute Gasteiger partial charge is 0.304 e. The van der Waals surface area contributed by atoms with Crippen LogP contribution in [0.15, 0.2) is 43.0 Å². The van der Waals surface area contributed by atoms with E-state index in [0.29, 0.717) is 38.8 Å². The van der Waals surface area contributed by atoms with Crippen molar-refractivity contribution in [2.45, 2.75) is 37.9 Å². The first-order valence-electron chi connectivity index (χ1n) is 12.0. The number of pyridine rings is 1. The number of H-pyrrole nitrogens is 1. The molecule has 3 aromatic heterocycles. The van der Waals surface area contributed by atoms with Crippen LogP contribution in [-0.4, -0.2) is 51.3 Å². The van der Waals surface area contributed by atoms with Gasteiger partial charge in [0.05, 0.1) is 11.3 Å². The van der Waals surface area contributed by atoms with E-state index in [4.69, 9.17) is 0 Å². The van der Waals surface area contributed by atoms with Crippen LogP contribution < -0.4 is 4.72 Å². The van der Waals surface area contributed by atoms with E-state index >= 15 is 4.39 Å². The maximum Gasteiger partial charge on any atom is 0.304 e. The van der Waals surface area contributed by atoms with Gasteiger partial charge in [0.2, 0.25) is 5.78 Å². The zero-order valence-electron chi connectivity index (χ0n) is 19.8. The number of carbonyl (C=O) groups is 1. The molecule has 1 aliphatic carbocycles. The standard InChI is InChI=1S/C25H21F3N6O3S/c26-18-5-6-19(33-38(36,37)34-7-1-2-20(34)27)22(28)21(18)23(35)17-12-32-25-16(17)8-14(9-31-25)15-10-29-24(30-11-15)13-3-4-13/h5-6,8-13,20,33H,1-4,7H2,(H,31,32). The molecule has 1 aromatic carbocycles. The van der Waals surface area contributed by atoms with Crippen molar-refractivity contribution in [3.05, 3.63) is 71.6 Å². The topological polar surface area (TPSA) is 121 Å². The van der Waals surface area contributed by atoms with Crippen molar-refractivity contribution in [1.29, 1.82) is 0 Å². The Balaban J connectivity index is 1.34. The van der Waals surface area contributed by atoms with Gasteiger partial charge < -0.3 is 4.98 Å². The van der Waals surface area contributed by atoms with Gasteiger partial charge in [0.1, 0.15) is 17.3 Å². The summed E-state index contributed by atoms with van der Waals surface area (Å²) in [7, 11) is -4.46. The van der Waals surface area contributed by atoms with Crippen LogP contribution in [0.5, 0.6) is 0 Å². The first-order valence-corrected chi connectivity index (χ1v) is 13.4. The molecule has 1 saturated carbocycles. The summed E-state index contributed by atoms with van der Waals surface area (Å²) in [5.74, 6) is -2.44. The molecule has 4 heterocycles. The van der Waals surface area contributed by atoms with Gasteiger partial charge in [-0.2, -0.15) is 12.7 Å². The minimum Gasteiger partial charge on any atom is -0.345 e. The molecule has 1 aliphatic heterocycles. The second kappa shape index (κ2) is 9.17. The number of ketones is 1. The highest BCUT2D eigenvalue weighted by molar-refractivity contribution is 7.90. The Morgan fingerprint density at radius 1 is 1.05 bits per heavy atom. The molecule has 1 unspecified atom stereocenters. The first kappa shape index (κ1) is 24.5. The van der Waals surface area contributed by atoms with Gasteiger partial charge in [-0.05, 0) is 43.9 Å². The number of anilines is 1. The molecule has 13 heteroatoms. The zero-order chi connectivity index (χ0) is 26.6. The Bertz CT molecular complexity index is 1670. The monoisotopic (exact) mass is 542 g/mol. The number of hydrogen-bond acceptors (Lipinski definition) is 6. The van der Waals surface area contributed by atoms with E-state index in [1.54, 1.807) is 24.7 Å². The van der Waals surface area contributed by atoms with Crippen LogP contribution in [0.25, 0.3) is 22.2 Å². The average molecular weight is 543 g/mol. The van der Waals surface area contributed by atoms with E-state index in [2.05, 4.69) is 19.9 Å². The summed E-state index contributed by atoms with van der Waals surface area (Å²) in [6.07, 6.45) is 6.87. The molecule has 0 bridgehead atoms. The zero-order valence-corrected chi connectivity index (χ0v) is 20.6. The number of alkyl halides is 1. The maximum absolute atomic E-state index is 15.4. The predicted octanol–water partition coefficient (Wildman–Crippen LogP) is 4.45. The Kier molecular flexibility index (Phi) is 5.91. The second-order valence-electron chi connectivity index (χ2n) is 9.33. The number of nitrogens with one attached hydrogen (secondary N) is 2. The molecule has 0 amide bonds. The van der Waals surface area contributed by atoms with Gasteiger partial charge in [-0.1, -0.05) is 0 Å². The normalized spacial score (nSPS) is 18.2. The van der Waals surface area contributed by atoms with Gasteiger partial charge in [-0.15, -0.1) is 0 Å². The quantitative estimate of drug-likeness (QED) is 0.263. The third-order valence-electron chi connectivity index (χ3n) is 6.72. The van der Waals surface area contributed by atoms with E-state index < -0.39 is 45.2 Å². The van der Waals surface area contributed by atoms with Crippen molar-refractivity contribution in [1.82, 2.24) is 24.2 Å². The third kappa shape index (κ3) is 4.31. The molecule has 9 nitrogen and oxygen atoms in total. The summed E-state index contributed by atoms with van der Waals surface area (Å²) in [6, 6.07) is 3.27. The fraction of sp³-hybridized carbons (Fsp3) is 0.280. The highest BCUT2D eigenvalue weighted by Gasteiger charge is 2.35. The van der Waals surface area contributed by atoms with Crippen LogP contribution in [0.4, 0.5) is 18.9 Å². The van der Waals surface area contributed by atoms with Crippen molar-refractivity contribution in [2.75, 3.05) is 11.3 Å². The first-order chi connectivity index (χ1) is 18.2. The molecule has 0 radical (unpaired) electrons.